The summed E-state index contributed by atoms with van der Waals surface area (Å²) in [6.45, 7) is 19.9. The first-order valence-electron chi connectivity index (χ1n) is 16.2. The molecule has 3 atom stereocenters. The lowest BCUT2D eigenvalue weighted by atomic mass is 9.91. The van der Waals surface area contributed by atoms with Gasteiger partial charge in [0.15, 0.2) is 0 Å². The summed E-state index contributed by atoms with van der Waals surface area (Å²) in [4.78, 5) is 44.8. The molecule has 5 rings (SSSR count). The molecule has 4 N–H and O–H groups in total. The zero-order valence-corrected chi connectivity index (χ0v) is 30.0. The summed E-state index contributed by atoms with van der Waals surface area (Å²) in [6.07, 6.45) is 11.2. The van der Waals surface area contributed by atoms with Crippen molar-refractivity contribution in [3.05, 3.63) is 123 Å². The van der Waals surface area contributed by atoms with Gasteiger partial charge in [-0.05, 0) is 65.8 Å². The molecule has 0 saturated heterocycles. The monoisotopic (exact) mass is 680 g/mol. The van der Waals surface area contributed by atoms with Gasteiger partial charge in [0.25, 0.3) is 11.8 Å². The molecule has 0 fully saturated rings. The number of carbonyl (C=O) groups is 2. The van der Waals surface area contributed by atoms with Gasteiger partial charge in [0, 0.05) is 22.7 Å². The van der Waals surface area contributed by atoms with Gasteiger partial charge in [-0.3, -0.25) is 9.59 Å². The number of hydrogen-bond acceptors (Lipinski definition) is 6. The van der Waals surface area contributed by atoms with Gasteiger partial charge in [-0.15, -0.1) is 11.3 Å². The number of thioether (sulfide) groups is 1. The molecule has 0 bridgehead atoms. The van der Waals surface area contributed by atoms with Gasteiger partial charge < -0.3 is 20.6 Å². The number of aromatic nitrogens is 4. The van der Waals surface area contributed by atoms with Crippen molar-refractivity contribution in [2.24, 2.45) is 11.8 Å². The zero-order chi connectivity index (χ0) is 34.5. The van der Waals surface area contributed by atoms with E-state index in [1.54, 1.807) is 0 Å². The third kappa shape index (κ3) is 8.35. The van der Waals surface area contributed by atoms with E-state index in [-0.39, 0.29) is 41.7 Å². The van der Waals surface area contributed by atoms with E-state index in [2.05, 4.69) is 100 Å². The Morgan fingerprint density at radius 3 is 2.17 bits per heavy atom. The predicted molar refractivity (Wildman–Crippen MR) is 198 cm³/mol. The van der Waals surface area contributed by atoms with Crippen LogP contribution in [0.2, 0.25) is 0 Å². The standard InChI is InChI=1S/C38H44N6O2S2/c1-21(2)33(43-37(45)25(8)47-23(5)6)35-39-19-30(41-35)28-14-10-26(11-15-28)27-12-16-29(17-13-27)31-20-40-36(42-31)34(22(3)4)44-38(46)32-18-9-24(7)48-32/h9-16,18-22,29,33-34H,5,8,17H2,1-4,6-7H3,(H,39,41)(H,40,42)(H,43,45)(H,44,46). The van der Waals surface area contributed by atoms with Crippen molar-refractivity contribution < 1.29 is 9.59 Å². The van der Waals surface area contributed by atoms with E-state index in [0.29, 0.717) is 15.6 Å². The van der Waals surface area contributed by atoms with Crippen LogP contribution in [-0.4, -0.2) is 31.8 Å². The number of nitrogens with zero attached hydrogens (tertiary/aromatic N) is 2. The van der Waals surface area contributed by atoms with E-state index >= 15 is 0 Å². The summed E-state index contributed by atoms with van der Waals surface area (Å²) in [5, 5.41) is 6.23. The molecule has 2 amide bonds. The molecule has 0 aliphatic heterocycles. The smallest absolute Gasteiger partial charge is 0.261 e. The molecule has 1 aliphatic carbocycles. The van der Waals surface area contributed by atoms with Crippen LogP contribution in [0.5, 0.6) is 0 Å². The second kappa shape index (κ2) is 15.2. The first-order valence-corrected chi connectivity index (χ1v) is 17.8. The van der Waals surface area contributed by atoms with Crippen LogP contribution in [-0.2, 0) is 4.79 Å². The summed E-state index contributed by atoms with van der Waals surface area (Å²) in [5.74, 6) is 1.66. The second-order valence-electron chi connectivity index (χ2n) is 12.9. The van der Waals surface area contributed by atoms with Crippen molar-refractivity contribution in [1.29, 1.82) is 0 Å². The van der Waals surface area contributed by atoms with Gasteiger partial charge in [-0.2, -0.15) is 0 Å². The maximum atomic E-state index is 12.9. The van der Waals surface area contributed by atoms with E-state index in [1.807, 2.05) is 52.2 Å². The van der Waals surface area contributed by atoms with Crippen LogP contribution in [0.4, 0.5) is 0 Å². The fourth-order valence-corrected chi connectivity index (χ4v) is 6.94. The number of benzene rings is 1. The van der Waals surface area contributed by atoms with Crippen LogP contribution in [0.15, 0.2) is 90.0 Å². The number of rotatable bonds is 13. The number of amides is 2. The minimum atomic E-state index is -0.282. The molecule has 1 aliphatic rings. The van der Waals surface area contributed by atoms with Gasteiger partial charge in [0.05, 0.1) is 33.8 Å². The van der Waals surface area contributed by atoms with Crippen molar-refractivity contribution in [1.82, 2.24) is 30.6 Å². The Bertz CT molecular complexity index is 1860. The maximum absolute atomic E-state index is 12.9. The number of thiophene rings is 1. The minimum absolute atomic E-state index is 0.0713. The van der Waals surface area contributed by atoms with Crippen LogP contribution in [0, 0.1) is 18.8 Å². The summed E-state index contributed by atoms with van der Waals surface area (Å²) in [5.41, 5.74) is 5.22. The lowest BCUT2D eigenvalue weighted by Gasteiger charge is -2.21. The highest BCUT2D eigenvalue weighted by Gasteiger charge is 2.25. The van der Waals surface area contributed by atoms with Crippen LogP contribution >= 0.6 is 23.1 Å². The lowest BCUT2D eigenvalue weighted by molar-refractivity contribution is -0.117. The molecule has 48 heavy (non-hydrogen) atoms. The number of aryl methyl sites for hydroxylation is 1. The second-order valence-corrected chi connectivity index (χ2v) is 15.6. The molecule has 0 spiro atoms. The maximum Gasteiger partial charge on any atom is 0.261 e. The molecule has 3 heterocycles. The Morgan fingerprint density at radius 2 is 1.56 bits per heavy atom. The van der Waals surface area contributed by atoms with Gasteiger partial charge in [0.2, 0.25) is 0 Å². The Kier molecular flexibility index (Phi) is 11.1. The van der Waals surface area contributed by atoms with E-state index in [1.165, 1.54) is 23.1 Å². The molecule has 0 radical (unpaired) electrons. The Hall–Kier alpha value is -4.41. The van der Waals surface area contributed by atoms with Gasteiger partial charge in [-0.1, -0.05) is 95.1 Å². The predicted octanol–water partition coefficient (Wildman–Crippen LogP) is 9.02. The number of carbonyl (C=O) groups excluding carboxylic acids is 2. The topological polar surface area (TPSA) is 116 Å². The van der Waals surface area contributed by atoms with Crippen LogP contribution < -0.4 is 10.6 Å². The first-order chi connectivity index (χ1) is 22.9. The minimum Gasteiger partial charge on any atom is -0.344 e. The molecule has 3 unspecified atom stereocenters. The van der Waals surface area contributed by atoms with Crippen LogP contribution in [0.25, 0.3) is 16.8 Å². The summed E-state index contributed by atoms with van der Waals surface area (Å²) in [6, 6.07) is 11.7. The number of aromatic amines is 2. The van der Waals surface area contributed by atoms with Crippen molar-refractivity contribution >= 4 is 40.5 Å². The Labute approximate surface area is 291 Å². The molecule has 3 aromatic heterocycles. The molecule has 1 aromatic carbocycles. The van der Waals surface area contributed by atoms with Crippen molar-refractivity contribution in [2.75, 3.05) is 0 Å². The Balaban J connectivity index is 1.21. The average Bonchev–Trinajstić information content (AvgIpc) is 3.83. The van der Waals surface area contributed by atoms with E-state index in [9.17, 15) is 9.59 Å². The highest BCUT2D eigenvalue weighted by atomic mass is 32.2. The molecule has 0 saturated carbocycles. The molecular weight excluding hydrogens is 637 g/mol. The molecule has 4 aromatic rings. The molecule has 250 valence electrons. The van der Waals surface area contributed by atoms with E-state index in [0.717, 1.165) is 50.1 Å². The molecular formula is C38H44N6O2S2. The summed E-state index contributed by atoms with van der Waals surface area (Å²) >= 11 is 2.77. The van der Waals surface area contributed by atoms with Gasteiger partial charge in [0.1, 0.15) is 11.6 Å². The largest absolute Gasteiger partial charge is 0.344 e. The van der Waals surface area contributed by atoms with Crippen LogP contribution in [0.1, 0.15) is 96.5 Å². The number of nitrogens with one attached hydrogen (secondary N) is 4. The number of H-pyrrole nitrogens is 2. The van der Waals surface area contributed by atoms with Crippen LogP contribution in [0.3, 0.4) is 0 Å². The fourth-order valence-electron chi connectivity index (χ4n) is 5.60. The Morgan fingerprint density at radius 1 is 0.917 bits per heavy atom. The SMILES string of the molecule is C=C(C)SC(=C)C(=O)NC(c1ncc(-c2ccc(C3=CCC(c4cnc(C(NC(=O)c5ccc(C)s5)C(C)C)[nH]4)C=C3)cc2)[nH]1)C(C)C. The number of allylic oxidation sites excluding steroid dienone is 5. The van der Waals surface area contributed by atoms with E-state index in [4.69, 9.17) is 0 Å². The summed E-state index contributed by atoms with van der Waals surface area (Å²) < 4.78 is 0. The highest BCUT2D eigenvalue weighted by molar-refractivity contribution is 8.07. The van der Waals surface area contributed by atoms with Crippen molar-refractivity contribution in [3.8, 4) is 11.3 Å². The van der Waals surface area contributed by atoms with E-state index < -0.39 is 0 Å². The normalized spacial score (nSPS) is 15.7. The van der Waals surface area contributed by atoms with Gasteiger partial charge >= 0.3 is 0 Å². The van der Waals surface area contributed by atoms with Gasteiger partial charge in [-0.25, -0.2) is 9.97 Å². The third-order valence-electron chi connectivity index (χ3n) is 8.25. The number of hydrogen-bond donors (Lipinski definition) is 4. The number of imidazole rings is 2. The average molecular weight is 681 g/mol. The third-order valence-corrected chi connectivity index (χ3v) is 10.0. The quantitative estimate of drug-likeness (QED) is 0.105. The fraction of sp³-hybridized carbons (Fsp3) is 0.316. The van der Waals surface area contributed by atoms with Crippen molar-refractivity contribution in [3.63, 3.8) is 0 Å². The lowest BCUT2D eigenvalue weighted by Crippen LogP contribution is -2.32. The summed E-state index contributed by atoms with van der Waals surface area (Å²) in [7, 11) is 0. The molecule has 10 heteroatoms. The zero-order valence-electron chi connectivity index (χ0n) is 28.4. The van der Waals surface area contributed by atoms with Crippen molar-refractivity contribution in [2.45, 2.75) is 66.0 Å². The molecule has 8 nitrogen and oxygen atoms in total. The highest BCUT2D eigenvalue weighted by Crippen LogP contribution is 2.33. The first kappa shape index (κ1) is 34.9.